The van der Waals surface area contributed by atoms with E-state index >= 15 is 0 Å². The van der Waals surface area contributed by atoms with Gasteiger partial charge in [-0.15, -0.1) is 0 Å². The van der Waals surface area contributed by atoms with Crippen molar-refractivity contribution in [2.45, 2.75) is 38.1 Å². The second-order valence-electron chi connectivity index (χ2n) is 4.65. The molecule has 1 fully saturated rings. The summed E-state index contributed by atoms with van der Waals surface area (Å²) in [5, 5.41) is 11.8. The molecule has 1 heterocycles. The van der Waals surface area contributed by atoms with Crippen molar-refractivity contribution in [3.8, 4) is 11.8 Å². The van der Waals surface area contributed by atoms with Crippen molar-refractivity contribution < 1.29 is 9.90 Å². The summed E-state index contributed by atoms with van der Waals surface area (Å²) in [6.07, 6.45) is 8.08. The number of aliphatic hydroxyl groups is 1. The highest BCUT2D eigenvalue weighted by Crippen LogP contribution is 2.18. The molecule has 0 unspecified atom stereocenters. The number of nitrogens with one attached hydrogen (secondary N) is 1. The Morgan fingerprint density at radius 3 is 3.00 bits per heavy atom. The van der Waals surface area contributed by atoms with Crippen LogP contribution in [-0.4, -0.2) is 28.6 Å². The molecule has 0 spiro atoms. The molecule has 0 saturated heterocycles. The average Bonchev–Trinajstić information content (AvgIpc) is 2.92. The molecule has 1 aliphatic rings. The van der Waals surface area contributed by atoms with Gasteiger partial charge in [0.1, 0.15) is 0 Å². The molecule has 4 nitrogen and oxygen atoms in total. The minimum absolute atomic E-state index is 0.0247. The summed E-state index contributed by atoms with van der Waals surface area (Å²) >= 11 is 0. The summed E-state index contributed by atoms with van der Waals surface area (Å²) in [7, 11) is 0. The van der Waals surface area contributed by atoms with Crippen LogP contribution in [0.4, 0.5) is 0 Å². The normalized spacial score (nSPS) is 14.8. The first-order valence-corrected chi connectivity index (χ1v) is 6.66. The summed E-state index contributed by atoms with van der Waals surface area (Å²) in [6.45, 7) is 0.0247. The van der Waals surface area contributed by atoms with E-state index in [9.17, 15) is 4.79 Å². The van der Waals surface area contributed by atoms with Crippen LogP contribution in [0, 0.1) is 11.8 Å². The third-order valence-corrected chi connectivity index (χ3v) is 3.22. The third kappa shape index (κ3) is 3.80. The van der Waals surface area contributed by atoms with Gasteiger partial charge in [-0.05, 0) is 18.9 Å². The first kappa shape index (κ1) is 13.6. The lowest BCUT2D eigenvalue weighted by Crippen LogP contribution is -2.33. The Morgan fingerprint density at radius 1 is 1.47 bits per heavy atom. The first-order valence-electron chi connectivity index (χ1n) is 6.66. The first-order chi connectivity index (χ1) is 9.31. The summed E-state index contributed by atoms with van der Waals surface area (Å²) < 4.78 is 0. The van der Waals surface area contributed by atoms with Crippen molar-refractivity contribution in [1.29, 1.82) is 0 Å². The predicted molar refractivity (Wildman–Crippen MR) is 72.5 cm³/mol. The van der Waals surface area contributed by atoms with Crippen molar-refractivity contribution in [2.24, 2.45) is 0 Å². The van der Waals surface area contributed by atoms with Gasteiger partial charge in [0, 0.05) is 24.9 Å². The van der Waals surface area contributed by atoms with Gasteiger partial charge in [-0.3, -0.25) is 9.78 Å². The number of carbonyl (C=O) groups excluding carboxylic acids is 1. The molecule has 1 aliphatic carbocycles. The molecule has 0 aromatic carbocycles. The fourth-order valence-electron chi connectivity index (χ4n) is 2.24. The molecule has 100 valence electrons. The Balaban J connectivity index is 2.10. The number of hydrogen-bond donors (Lipinski definition) is 2. The zero-order chi connectivity index (χ0) is 13.5. The molecule has 0 radical (unpaired) electrons. The summed E-state index contributed by atoms with van der Waals surface area (Å²) in [4.78, 5) is 16.2. The maximum atomic E-state index is 12.2. The van der Waals surface area contributed by atoms with Gasteiger partial charge in [0.15, 0.2) is 0 Å². The zero-order valence-electron chi connectivity index (χ0n) is 10.9. The zero-order valence-corrected chi connectivity index (χ0v) is 10.9. The number of carbonyl (C=O) groups is 1. The fraction of sp³-hybridized carbons (Fsp3) is 0.467. The lowest BCUT2D eigenvalue weighted by molar-refractivity contribution is 0.0937. The van der Waals surface area contributed by atoms with Gasteiger partial charge in [0.2, 0.25) is 0 Å². The summed E-state index contributed by atoms with van der Waals surface area (Å²) in [6, 6.07) is 1.98. The monoisotopic (exact) mass is 258 g/mol. The van der Waals surface area contributed by atoms with Crippen LogP contribution in [0.2, 0.25) is 0 Å². The summed E-state index contributed by atoms with van der Waals surface area (Å²) in [5.74, 6) is 5.63. The number of hydrogen-bond acceptors (Lipinski definition) is 3. The smallest absolute Gasteiger partial charge is 0.252 e. The van der Waals surface area contributed by atoms with Crippen molar-refractivity contribution in [1.82, 2.24) is 10.3 Å². The van der Waals surface area contributed by atoms with Gasteiger partial charge >= 0.3 is 0 Å². The van der Waals surface area contributed by atoms with Crippen molar-refractivity contribution in [3.63, 3.8) is 0 Å². The van der Waals surface area contributed by atoms with Crippen molar-refractivity contribution >= 4 is 5.91 Å². The molecule has 0 atom stereocenters. The standard InChI is InChI=1S/C15H18N2O2/c18-10-4-3-5-12-11-16-9-8-14(12)15(19)17-13-6-1-2-7-13/h8-9,11,13,18H,1-2,4,6-7,10H2,(H,17,19). The molecular formula is C15H18N2O2. The quantitative estimate of drug-likeness (QED) is 0.807. The Hall–Kier alpha value is -1.86. The van der Waals surface area contributed by atoms with Crippen molar-refractivity contribution in [3.05, 3.63) is 29.6 Å². The number of amides is 1. The number of rotatable bonds is 3. The van der Waals surface area contributed by atoms with E-state index in [1.54, 1.807) is 18.5 Å². The second-order valence-corrected chi connectivity index (χ2v) is 4.65. The van der Waals surface area contributed by atoms with Crippen LogP contribution >= 0.6 is 0 Å². The van der Waals surface area contributed by atoms with Crippen LogP contribution in [0.1, 0.15) is 48.0 Å². The van der Waals surface area contributed by atoms with Crippen LogP contribution in [0.15, 0.2) is 18.5 Å². The number of nitrogens with zero attached hydrogens (tertiary/aromatic N) is 1. The lowest BCUT2D eigenvalue weighted by atomic mass is 10.1. The third-order valence-electron chi connectivity index (χ3n) is 3.22. The van der Waals surface area contributed by atoms with Gasteiger partial charge in [-0.2, -0.15) is 0 Å². The predicted octanol–water partition coefficient (Wildman–Crippen LogP) is 1.49. The van der Waals surface area contributed by atoms with E-state index in [2.05, 4.69) is 22.1 Å². The van der Waals surface area contributed by atoms with E-state index in [1.807, 2.05) is 0 Å². The molecule has 1 aromatic heterocycles. The highest BCUT2D eigenvalue weighted by molar-refractivity contribution is 5.96. The molecule has 2 N–H and O–H groups in total. The van der Waals surface area contributed by atoms with E-state index in [-0.39, 0.29) is 12.5 Å². The molecule has 4 heteroatoms. The molecule has 1 saturated carbocycles. The Labute approximate surface area is 113 Å². The van der Waals surface area contributed by atoms with E-state index in [0.717, 1.165) is 12.8 Å². The molecule has 2 rings (SSSR count). The minimum atomic E-state index is -0.0809. The van der Waals surface area contributed by atoms with Gasteiger partial charge in [-0.1, -0.05) is 24.7 Å². The highest BCUT2D eigenvalue weighted by Gasteiger charge is 2.19. The molecular weight excluding hydrogens is 240 g/mol. The van der Waals surface area contributed by atoms with Crippen LogP contribution in [-0.2, 0) is 0 Å². The van der Waals surface area contributed by atoms with E-state index in [4.69, 9.17) is 5.11 Å². The average molecular weight is 258 g/mol. The number of aliphatic hydroxyl groups excluding tert-OH is 1. The molecule has 19 heavy (non-hydrogen) atoms. The van der Waals surface area contributed by atoms with Gasteiger partial charge < -0.3 is 10.4 Å². The topological polar surface area (TPSA) is 62.2 Å². The maximum absolute atomic E-state index is 12.2. The molecule has 1 aromatic rings. The van der Waals surface area contributed by atoms with Gasteiger partial charge in [0.25, 0.3) is 5.91 Å². The number of aromatic nitrogens is 1. The van der Waals surface area contributed by atoms with Crippen molar-refractivity contribution in [2.75, 3.05) is 6.61 Å². The molecule has 0 aliphatic heterocycles. The molecule has 0 bridgehead atoms. The van der Waals surface area contributed by atoms with Gasteiger partial charge in [0.05, 0.1) is 17.7 Å². The summed E-state index contributed by atoms with van der Waals surface area (Å²) in [5.41, 5.74) is 1.18. The Morgan fingerprint density at radius 2 is 2.26 bits per heavy atom. The lowest BCUT2D eigenvalue weighted by Gasteiger charge is -2.12. The number of pyridine rings is 1. The largest absolute Gasteiger partial charge is 0.395 e. The van der Waals surface area contributed by atoms with Crippen LogP contribution in [0.25, 0.3) is 0 Å². The van der Waals surface area contributed by atoms with Crippen LogP contribution < -0.4 is 5.32 Å². The Bertz CT molecular complexity index is 496. The maximum Gasteiger partial charge on any atom is 0.252 e. The molecule has 1 amide bonds. The van der Waals surface area contributed by atoms with Crippen LogP contribution in [0.3, 0.4) is 0 Å². The highest BCUT2D eigenvalue weighted by atomic mass is 16.2. The second kappa shape index (κ2) is 6.91. The SMILES string of the molecule is O=C(NC1CCCC1)c1ccncc1C#CCCO. The van der Waals surface area contributed by atoms with Crippen LogP contribution in [0.5, 0.6) is 0 Å². The van der Waals surface area contributed by atoms with E-state index in [0.29, 0.717) is 23.6 Å². The van der Waals surface area contributed by atoms with E-state index in [1.165, 1.54) is 12.8 Å². The van der Waals surface area contributed by atoms with E-state index < -0.39 is 0 Å². The van der Waals surface area contributed by atoms with Gasteiger partial charge in [-0.25, -0.2) is 0 Å². The Kier molecular flexibility index (Phi) is 4.93. The minimum Gasteiger partial charge on any atom is -0.395 e. The fourth-order valence-corrected chi connectivity index (χ4v) is 2.24.